The summed E-state index contributed by atoms with van der Waals surface area (Å²) in [6.45, 7) is 5.69. The summed E-state index contributed by atoms with van der Waals surface area (Å²) in [5.41, 5.74) is 0. The molecular formula is C9H17NO. The Kier molecular flexibility index (Phi) is 3.60. The number of rotatable bonds is 5. The predicted octanol–water partition coefficient (Wildman–Crippen LogP) is 1.02. The molecule has 0 saturated heterocycles. The minimum absolute atomic E-state index is 0.268. The van der Waals surface area contributed by atoms with Crippen molar-refractivity contribution >= 4 is 0 Å². The normalized spacial score (nSPS) is 18.4. The molecule has 1 fully saturated rings. The third-order valence-electron chi connectivity index (χ3n) is 2.34. The minimum Gasteiger partial charge on any atom is -0.395 e. The largest absolute Gasteiger partial charge is 0.395 e. The van der Waals surface area contributed by atoms with Crippen LogP contribution in [0.5, 0.6) is 0 Å². The Balaban J connectivity index is 2.24. The lowest BCUT2D eigenvalue weighted by Crippen LogP contribution is -2.41. The van der Waals surface area contributed by atoms with Gasteiger partial charge in [-0.05, 0) is 12.8 Å². The maximum Gasteiger partial charge on any atom is 0.0558 e. The van der Waals surface area contributed by atoms with Crippen molar-refractivity contribution in [1.29, 1.82) is 0 Å². The van der Waals surface area contributed by atoms with Crippen LogP contribution < -0.4 is 0 Å². The Bertz CT molecular complexity index is 121. The van der Waals surface area contributed by atoms with E-state index in [0.29, 0.717) is 0 Å². The summed E-state index contributed by atoms with van der Waals surface area (Å²) >= 11 is 0. The zero-order valence-corrected chi connectivity index (χ0v) is 7.00. The van der Waals surface area contributed by atoms with Crippen LogP contribution in [0.1, 0.15) is 19.3 Å². The lowest BCUT2D eigenvalue weighted by atomic mass is 9.91. The van der Waals surface area contributed by atoms with Crippen molar-refractivity contribution in [3.05, 3.63) is 12.7 Å². The minimum atomic E-state index is 0.268. The van der Waals surface area contributed by atoms with Gasteiger partial charge in [-0.15, -0.1) is 6.58 Å². The first-order valence-electron chi connectivity index (χ1n) is 4.34. The second-order valence-corrected chi connectivity index (χ2v) is 3.09. The Morgan fingerprint density at radius 1 is 1.55 bits per heavy atom. The number of hydrogen-bond donors (Lipinski definition) is 1. The summed E-state index contributed by atoms with van der Waals surface area (Å²) in [6.07, 6.45) is 5.86. The van der Waals surface area contributed by atoms with E-state index in [4.69, 9.17) is 5.11 Å². The summed E-state index contributed by atoms with van der Waals surface area (Å²) in [5, 5.41) is 8.76. The van der Waals surface area contributed by atoms with Crippen molar-refractivity contribution in [2.45, 2.75) is 25.3 Å². The Hall–Kier alpha value is -0.340. The standard InChI is InChI=1S/C9H17NO/c1-2-6-10(7-8-11)9-4-3-5-9/h2,9,11H,1,3-8H2. The molecule has 0 spiro atoms. The molecule has 0 unspecified atom stereocenters. The van der Waals surface area contributed by atoms with E-state index in [0.717, 1.165) is 19.1 Å². The van der Waals surface area contributed by atoms with E-state index in [-0.39, 0.29) is 6.61 Å². The Labute approximate surface area is 68.5 Å². The van der Waals surface area contributed by atoms with Gasteiger partial charge in [0.1, 0.15) is 0 Å². The molecular weight excluding hydrogens is 138 g/mol. The fourth-order valence-corrected chi connectivity index (χ4v) is 1.47. The van der Waals surface area contributed by atoms with Gasteiger partial charge in [0.15, 0.2) is 0 Å². The molecule has 2 heteroatoms. The molecule has 1 aliphatic carbocycles. The molecule has 1 rings (SSSR count). The first-order chi connectivity index (χ1) is 5.38. The molecule has 11 heavy (non-hydrogen) atoms. The summed E-state index contributed by atoms with van der Waals surface area (Å²) < 4.78 is 0. The molecule has 1 aliphatic rings. The van der Waals surface area contributed by atoms with Gasteiger partial charge in [-0.2, -0.15) is 0 Å². The molecule has 0 aromatic rings. The predicted molar refractivity (Wildman–Crippen MR) is 46.5 cm³/mol. The quantitative estimate of drug-likeness (QED) is 0.599. The van der Waals surface area contributed by atoms with E-state index in [9.17, 15) is 0 Å². The summed E-state index contributed by atoms with van der Waals surface area (Å²) in [4.78, 5) is 2.30. The van der Waals surface area contributed by atoms with Crippen molar-refractivity contribution in [2.75, 3.05) is 19.7 Å². The van der Waals surface area contributed by atoms with Gasteiger partial charge in [-0.1, -0.05) is 12.5 Å². The zero-order chi connectivity index (χ0) is 8.10. The monoisotopic (exact) mass is 155 g/mol. The Morgan fingerprint density at radius 3 is 2.64 bits per heavy atom. The molecule has 0 atom stereocenters. The first-order valence-corrected chi connectivity index (χ1v) is 4.34. The summed E-state index contributed by atoms with van der Waals surface area (Å²) in [5.74, 6) is 0. The second-order valence-electron chi connectivity index (χ2n) is 3.09. The van der Waals surface area contributed by atoms with E-state index in [1.807, 2.05) is 6.08 Å². The van der Waals surface area contributed by atoms with Crippen LogP contribution in [0.3, 0.4) is 0 Å². The van der Waals surface area contributed by atoms with Gasteiger partial charge in [0.25, 0.3) is 0 Å². The third kappa shape index (κ3) is 2.31. The Morgan fingerprint density at radius 2 is 2.27 bits per heavy atom. The van der Waals surface area contributed by atoms with E-state index < -0.39 is 0 Å². The third-order valence-corrected chi connectivity index (χ3v) is 2.34. The van der Waals surface area contributed by atoms with Crippen molar-refractivity contribution in [3.8, 4) is 0 Å². The SMILES string of the molecule is C=CCN(CCO)C1CCC1. The van der Waals surface area contributed by atoms with Gasteiger partial charge in [0.05, 0.1) is 6.61 Å². The average molecular weight is 155 g/mol. The molecule has 64 valence electrons. The molecule has 1 N–H and O–H groups in total. The molecule has 0 heterocycles. The van der Waals surface area contributed by atoms with Crippen LogP contribution in [0.25, 0.3) is 0 Å². The van der Waals surface area contributed by atoms with Crippen LogP contribution in [0.15, 0.2) is 12.7 Å². The number of aliphatic hydroxyl groups excluding tert-OH is 1. The maximum absolute atomic E-state index is 8.76. The van der Waals surface area contributed by atoms with Crippen molar-refractivity contribution < 1.29 is 5.11 Å². The van der Waals surface area contributed by atoms with Crippen molar-refractivity contribution in [1.82, 2.24) is 4.90 Å². The fourth-order valence-electron chi connectivity index (χ4n) is 1.47. The van der Waals surface area contributed by atoms with Crippen LogP contribution in [0.4, 0.5) is 0 Å². The molecule has 2 nitrogen and oxygen atoms in total. The van der Waals surface area contributed by atoms with Crippen LogP contribution in [0.2, 0.25) is 0 Å². The topological polar surface area (TPSA) is 23.5 Å². The van der Waals surface area contributed by atoms with E-state index in [2.05, 4.69) is 11.5 Å². The highest BCUT2D eigenvalue weighted by atomic mass is 16.3. The van der Waals surface area contributed by atoms with Crippen molar-refractivity contribution in [2.24, 2.45) is 0 Å². The smallest absolute Gasteiger partial charge is 0.0558 e. The maximum atomic E-state index is 8.76. The number of nitrogens with zero attached hydrogens (tertiary/aromatic N) is 1. The lowest BCUT2D eigenvalue weighted by Gasteiger charge is -2.36. The molecule has 0 aromatic heterocycles. The van der Waals surface area contributed by atoms with Crippen LogP contribution in [0, 0.1) is 0 Å². The van der Waals surface area contributed by atoms with Gasteiger partial charge < -0.3 is 5.11 Å². The zero-order valence-electron chi connectivity index (χ0n) is 7.00. The lowest BCUT2D eigenvalue weighted by molar-refractivity contribution is 0.114. The van der Waals surface area contributed by atoms with Crippen LogP contribution in [-0.4, -0.2) is 35.7 Å². The molecule has 0 amide bonds. The highest BCUT2D eigenvalue weighted by Gasteiger charge is 2.22. The van der Waals surface area contributed by atoms with Crippen LogP contribution >= 0.6 is 0 Å². The first kappa shape index (κ1) is 8.75. The number of hydrogen-bond acceptors (Lipinski definition) is 2. The average Bonchev–Trinajstić information content (AvgIpc) is 1.85. The summed E-state index contributed by atoms with van der Waals surface area (Å²) in [7, 11) is 0. The molecule has 0 aromatic carbocycles. The van der Waals surface area contributed by atoms with Gasteiger partial charge in [-0.25, -0.2) is 0 Å². The van der Waals surface area contributed by atoms with Gasteiger partial charge in [0.2, 0.25) is 0 Å². The van der Waals surface area contributed by atoms with Gasteiger partial charge in [-0.3, -0.25) is 4.90 Å². The highest BCUT2D eigenvalue weighted by Crippen LogP contribution is 2.24. The van der Waals surface area contributed by atoms with Crippen molar-refractivity contribution in [3.63, 3.8) is 0 Å². The van der Waals surface area contributed by atoms with E-state index in [1.54, 1.807) is 0 Å². The highest BCUT2D eigenvalue weighted by molar-refractivity contribution is 4.84. The molecule has 1 saturated carbocycles. The molecule has 0 bridgehead atoms. The molecule has 0 radical (unpaired) electrons. The van der Waals surface area contributed by atoms with Crippen LogP contribution in [-0.2, 0) is 0 Å². The van der Waals surface area contributed by atoms with E-state index >= 15 is 0 Å². The van der Waals surface area contributed by atoms with Gasteiger partial charge in [0, 0.05) is 19.1 Å². The molecule has 0 aliphatic heterocycles. The van der Waals surface area contributed by atoms with E-state index in [1.165, 1.54) is 19.3 Å². The number of aliphatic hydroxyl groups is 1. The second kappa shape index (κ2) is 4.52. The fraction of sp³-hybridized carbons (Fsp3) is 0.778. The van der Waals surface area contributed by atoms with Gasteiger partial charge >= 0.3 is 0 Å². The summed E-state index contributed by atoms with van der Waals surface area (Å²) in [6, 6.07) is 0.722.